The molecule has 0 saturated heterocycles. The number of carbonyl (C=O) groups excluding carboxylic acids is 1. The van der Waals surface area contributed by atoms with E-state index < -0.39 is 0 Å². The number of halogens is 1. The largest absolute Gasteiger partial charge is 0.351 e. The highest BCUT2D eigenvalue weighted by atomic mass is 35.5. The van der Waals surface area contributed by atoms with Crippen molar-refractivity contribution in [2.24, 2.45) is 0 Å². The second-order valence-corrected chi connectivity index (χ2v) is 4.62. The summed E-state index contributed by atoms with van der Waals surface area (Å²) in [6.07, 6.45) is 1.67. The molecule has 4 heteroatoms. The zero-order valence-electron chi connectivity index (χ0n) is 10.8. The topological polar surface area (TPSA) is 32.3 Å². The number of hydrogen-bond acceptors (Lipinski definition) is 2. The molecule has 1 aromatic rings. The van der Waals surface area contributed by atoms with Crippen molar-refractivity contribution in [1.29, 1.82) is 0 Å². The molecule has 18 heavy (non-hydrogen) atoms. The van der Waals surface area contributed by atoms with Gasteiger partial charge in [-0.2, -0.15) is 0 Å². The van der Waals surface area contributed by atoms with E-state index in [9.17, 15) is 4.79 Å². The molecule has 0 heterocycles. The van der Waals surface area contributed by atoms with Gasteiger partial charge in [-0.3, -0.25) is 9.69 Å². The molecule has 0 aliphatic carbocycles. The van der Waals surface area contributed by atoms with Gasteiger partial charge in [-0.1, -0.05) is 35.9 Å². The van der Waals surface area contributed by atoms with E-state index in [1.54, 1.807) is 6.08 Å². The van der Waals surface area contributed by atoms with E-state index in [1.807, 2.05) is 43.1 Å². The van der Waals surface area contributed by atoms with E-state index in [1.165, 1.54) is 0 Å². The standard InChI is InChI=1S/C14H19ClN2O/c1-4-9-16-14(18)11(2)17(3)10-12-7-5-6-8-13(12)15/h4-8,11H,1,9-10H2,2-3H3,(H,16,18)/t11-/m1/s1. The molecular weight excluding hydrogens is 248 g/mol. The third kappa shape index (κ3) is 4.17. The summed E-state index contributed by atoms with van der Waals surface area (Å²) in [4.78, 5) is 13.7. The van der Waals surface area contributed by atoms with Crippen LogP contribution in [0.15, 0.2) is 36.9 Å². The minimum atomic E-state index is -0.207. The van der Waals surface area contributed by atoms with Gasteiger partial charge in [-0.15, -0.1) is 6.58 Å². The van der Waals surface area contributed by atoms with Crippen LogP contribution in [0, 0.1) is 0 Å². The molecule has 0 fully saturated rings. The third-order valence-corrected chi connectivity index (χ3v) is 3.21. The first-order valence-electron chi connectivity index (χ1n) is 5.88. The molecular formula is C14H19ClN2O. The van der Waals surface area contributed by atoms with Gasteiger partial charge < -0.3 is 5.32 Å². The van der Waals surface area contributed by atoms with Crippen molar-refractivity contribution in [3.63, 3.8) is 0 Å². The smallest absolute Gasteiger partial charge is 0.237 e. The predicted octanol–water partition coefficient (Wildman–Crippen LogP) is 2.46. The molecule has 0 saturated carbocycles. The van der Waals surface area contributed by atoms with Gasteiger partial charge in [0.1, 0.15) is 0 Å². The van der Waals surface area contributed by atoms with Gasteiger partial charge in [-0.25, -0.2) is 0 Å². The maximum Gasteiger partial charge on any atom is 0.237 e. The molecule has 3 nitrogen and oxygen atoms in total. The van der Waals surface area contributed by atoms with Gasteiger partial charge in [0.25, 0.3) is 0 Å². The first-order chi connectivity index (χ1) is 8.56. The van der Waals surface area contributed by atoms with Crippen LogP contribution < -0.4 is 5.32 Å². The van der Waals surface area contributed by atoms with E-state index in [0.29, 0.717) is 13.1 Å². The Morgan fingerprint density at radius 2 is 2.22 bits per heavy atom. The normalized spacial score (nSPS) is 12.2. The van der Waals surface area contributed by atoms with Crippen molar-refractivity contribution in [2.45, 2.75) is 19.5 Å². The lowest BCUT2D eigenvalue weighted by Gasteiger charge is -2.24. The van der Waals surface area contributed by atoms with Crippen molar-refractivity contribution in [3.8, 4) is 0 Å². The highest BCUT2D eigenvalue weighted by molar-refractivity contribution is 6.31. The van der Waals surface area contributed by atoms with Crippen molar-refractivity contribution in [1.82, 2.24) is 10.2 Å². The maximum atomic E-state index is 11.8. The molecule has 0 radical (unpaired) electrons. The van der Waals surface area contributed by atoms with Gasteiger partial charge in [0.05, 0.1) is 6.04 Å². The SMILES string of the molecule is C=CCNC(=O)[C@@H](C)N(C)Cc1ccccc1Cl. The monoisotopic (exact) mass is 266 g/mol. The fourth-order valence-electron chi connectivity index (χ4n) is 1.55. The second-order valence-electron chi connectivity index (χ2n) is 4.22. The number of hydrogen-bond donors (Lipinski definition) is 1. The van der Waals surface area contributed by atoms with Gasteiger partial charge in [0.2, 0.25) is 5.91 Å². The lowest BCUT2D eigenvalue weighted by atomic mass is 10.2. The lowest BCUT2D eigenvalue weighted by Crippen LogP contribution is -2.42. The Morgan fingerprint density at radius 1 is 1.56 bits per heavy atom. The number of nitrogens with one attached hydrogen (secondary N) is 1. The molecule has 1 atom stereocenters. The number of likely N-dealkylation sites (N-methyl/N-ethyl adjacent to an activating group) is 1. The Labute approximate surface area is 113 Å². The summed E-state index contributed by atoms with van der Waals surface area (Å²) in [5, 5.41) is 3.51. The molecule has 1 aromatic carbocycles. The van der Waals surface area contributed by atoms with Gasteiger partial charge in [0, 0.05) is 18.1 Å². The number of carbonyl (C=O) groups is 1. The summed E-state index contributed by atoms with van der Waals surface area (Å²) in [6.45, 7) is 6.57. The molecule has 1 amide bonds. The Morgan fingerprint density at radius 3 is 2.83 bits per heavy atom. The van der Waals surface area contributed by atoms with Crippen molar-refractivity contribution >= 4 is 17.5 Å². The molecule has 1 N–H and O–H groups in total. The zero-order valence-corrected chi connectivity index (χ0v) is 11.6. The summed E-state index contributed by atoms with van der Waals surface area (Å²) < 4.78 is 0. The van der Waals surface area contributed by atoms with E-state index in [-0.39, 0.29) is 11.9 Å². The van der Waals surface area contributed by atoms with Crippen LogP contribution in [0.3, 0.4) is 0 Å². The van der Waals surface area contributed by atoms with Crippen LogP contribution in [0.25, 0.3) is 0 Å². The predicted molar refractivity (Wildman–Crippen MR) is 75.6 cm³/mol. The highest BCUT2D eigenvalue weighted by Crippen LogP contribution is 2.17. The van der Waals surface area contributed by atoms with Crippen LogP contribution in [-0.2, 0) is 11.3 Å². The first kappa shape index (κ1) is 14.7. The Balaban J connectivity index is 2.59. The molecule has 0 spiro atoms. The molecule has 0 unspecified atom stereocenters. The first-order valence-corrected chi connectivity index (χ1v) is 6.26. The Kier molecular flexibility index (Phi) is 5.89. The van der Waals surface area contributed by atoms with Crippen LogP contribution in [0.2, 0.25) is 5.02 Å². The average Bonchev–Trinajstić information content (AvgIpc) is 2.37. The summed E-state index contributed by atoms with van der Waals surface area (Å²) >= 11 is 6.10. The van der Waals surface area contributed by atoms with Crippen molar-refractivity contribution in [2.75, 3.05) is 13.6 Å². The highest BCUT2D eigenvalue weighted by Gasteiger charge is 2.17. The van der Waals surface area contributed by atoms with Crippen LogP contribution >= 0.6 is 11.6 Å². The second kappa shape index (κ2) is 7.19. The molecule has 0 bridgehead atoms. The number of nitrogens with zero attached hydrogens (tertiary/aromatic N) is 1. The number of amides is 1. The summed E-state index contributed by atoms with van der Waals surface area (Å²) in [5.74, 6) is -0.00977. The van der Waals surface area contributed by atoms with Gasteiger partial charge in [0.15, 0.2) is 0 Å². The van der Waals surface area contributed by atoms with Gasteiger partial charge in [-0.05, 0) is 25.6 Å². The fourth-order valence-corrected chi connectivity index (χ4v) is 1.75. The summed E-state index contributed by atoms with van der Waals surface area (Å²) in [6, 6.07) is 7.45. The van der Waals surface area contributed by atoms with Crippen molar-refractivity contribution < 1.29 is 4.79 Å². The Bertz CT molecular complexity index is 420. The summed E-state index contributed by atoms with van der Waals surface area (Å²) in [5.41, 5.74) is 1.02. The van der Waals surface area contributed by atoms with E-state index in [0.717, 1.165) is 10.6 Å². The summed E-state index contributed by atoms with van der Waals surface area (Å²) in [7, 11) is 1.90. The molecule has 0 aliphatic rings. The zero-order chi connectivity index (χ0) is 13.5. The van der Waals surface area contributed by atoms with Gasteiger partial charge >= 0.3 is 0 Å². The molecule has 0 aliphatic heterocycles. The average molecular weight is 267 g/mol. The molecule has 1 rings (SSSR count). The quantitative estimate of drug-likeness (QED) is 0.803. The maximum absolute atomic E-state index is 11.8. The molecule has 0 aromatic heterocycles. The van der Waals surface area contributed by atoms with Crippen molar-refractivity contribution in [3.05, 3.63) is 47.5 Å². The Hall–Kier alpha value is -1.32. The number of rotatable bonds is 6. The lowest BCUT2D eigenvalue weighted by molar-refractivity contribution is -0.125. The van der Waals surface area contributed by atoms with E-state index in [2.05, 4.69) is 11.9 Å². The third-order valence-electron chi connectivity index (χ3n) is 2.84. The minimum Gasteiger partial charge on any atom is -0.351 e. The fraction of sp³-hybridized carbons (Fsp3) is 0.357. The van der Waals surface area contributed by atoms with Crippen LogP contribution in [-0.4, -0.2) is 30.4 Å². The van der Waals surface area contributed by atoms with Crippen LogP contribution in [0.5, 0.6) is 0 Å². The van der Waals surface area contributed by atoms with Crippen LogP contribution in [0.4, 0.5) is 0 Å². The minimum absolute atomic E-state index is 0.00977. The number of benzene rings is 1. The molecule has 98 valence electrons. The van der Waals surface area contributed by atoms with Crippen LogP contribution in [0.1, 0.15) is 12.5 Å². The van der Waals surface area contributed by atoms with E-state index in [4.69, 9.17) is 11.6 Å². The van der Waals surface area contributed by atoms with E-state index >= 15 is 0 Å².